The first-order valence-electron chi connectivity index (χ1n) is 12.7. The summed E-state index contributed by atoms with van der Waals surface area (Å²) in [4.78, 5) is 0. The Balaban J connectivity index is 1.59. The van der Waals surface area contributed by atoms with E-state index < -0.39 is 0 Å². The van der Waals surface area contributed by atoms with Crippen molar-refractivity contribution < 1.29 is 0 Å². The molecule has 0 saturated carbocycles. The van der Waals surface area contributed by atoms with Crippen LogP contribution < -0.4 is 0 Å². The van der Waals surface area contributed by atoms with Crippen molar-refractivity contribution in [1.82, 2.24) is 0 Å². The topological polar surface area (TPSA) is 0 Å². The predicted molar refractivity (Wildman–Crippen MR) is 148 cm³/mol. The molecule has 35 heavy (non-hydrogen) atoms. The molecule has 0 unspecified atom stereocenters. The fourth-order valence-corrected chi connectivity index (χ4v) is 6.49. The number of allylic oxidation sites excluding steroid dienone is 1. The van der Waals surface area contributed by atoms with Crippen LogP contribution in [-0.2, 0) is 11.8 Å². The minimum atomic E-state index is -0.336. The minimum absolute atomic E-state index is 0.336. The van der Waals surface area contributed by atoms with E-state index in [1.165, 1.54) is 66.4 Å². The molecule has 0 heteroatoms. The fourth-order valence-electron chi connectivity index (χ4n) is 6.49. The summed E-state index contributed by atoms with van der Waals surface area (Å²) in [6.45, 7) is 4.42. The van der Waals surface area contributed by atoms with Crippen LogP contribution in [0.5, 0.6) is 0 Å². The molecule has 7 rings (SSSR count). The smallest absolute Gasteiger partial charge is 0.0713 e. The lowest BCUT2D eigenvalue weighted by Crippen LogP contribution is -2.29. The largest absolute Gasteiger partial charge is 0.0724 e. The zero-order valence-corrected chi connectivity index (χ0v) is 20.3. The molecule has 168 valence electrons. The first-order chi connectivity index (χ1) is 17.1. The zero-order chi connectivity index (χ0) is 23.6. The Kier molecular flexibility index (Phi) is 4.42. The van der Waals surface area contributed by atoms with Crippen LogP contribution in [0.15, 0.2) is 109 Å². The summed E-state index contributed by atoms with van der Waals surface area (Å²) in [5.74, 6) is 0. The quantitative estimate of drug-likeness (QED) is 0.248. The molecular formula is C35H28. The minimum Gasteiger partial charge on any atom is -0.0724 e. The first kappa shape index (κ1) is 20.5. The van der Waals surface area contributed by atoms with Crippen molar-refractivity contribution in [3.63, 3.8) is 0 Å². The third kappa shape index (κ3) is 2.93. The van der Waals surface area contributed by atoms with Gasteiger partial charge in [-0.1, -0.05) is 114 Å². The SMILES string of the molecule is CC1=Cc2ccc(C3(c4ccc5cc(C)ccc5c4)c4ccccc4-c4ccccc43)cc2CC1. The Morgan fingerprint density at radius 2 is 1.20 bits per heavy atom. The van der Waals surface area contributed by atoms with Gasteiger partial charge in [-0.2, -0.15) is 0 Å². The van der Waals surface area contributed by atoms with Crippen LogP contribution in [0.2, 0.25) is 0 Å². The number of benzene rings is 5. The van der Waals surface area contributed by atoms with Gasteiger partial charge < -0.3 is 0 Å². The van der Waals surface area contributed by atoms with Gasteiger partial charge in [0.25, 0.3) is 0 Å². The van der Waals surface area contributed by atoms with Gasteiger partial charge in [-0.25, -0.2) is 0 Å². The fraction of sp³-hybridized carbons (Fsp3) is 0.143. The van der Waals surface area contributed by atoms with Crippen LogP contribution in [0, 0.1) is 6.92 Å². The molecule has 2 aliphatic rings. The molecule has 0 spiro atoms. The number of rotatable bonds is 2. The van der Waals surface area contributed by atoms with Gasteiger partial charge in [-0.3, -0.25) is 0 Å². The summed E-state index contributed by atoms with van der Waals surface area (Å²) >= 11 is 0. The second-order valence-electron chi connectivity index (χ2n) is 10.3. The molecule has 0 aliphatic heterocycles. The van der Waals surface area contributed by atoms with E-state index in [9.17, 15) is 0 Å². The second kappa shape index (κ2) is 7.55. The summed E-state index contributed by atoms with van der Waals surface area (Å²) < 4.78 is 0. The van der Waals surface area contributed by atoms with Crippen molar-refractivity contribution in [2.75, 3.05) is 0 Å². The molecule has 0 saturated heterocycles. The normalized spacial score (nSPS) is 15.3. The Morgan fingerprint density at radius 3 is 1.97 bits per heavy atom. The van der Waals surface area contributed by atoms with Crippen LogP contribution in [0.1, 0.15) is 52.3 Å². The van der Waals surface area contributed by atoms with Crippen LogP contribution in [0.3, 0.4) is 0 Å². The summed E-state index contributed by atoms with van der Waals surface area (Å²) in [5.41, 5.74) is 13.5. The van der Waals surface area contributed by atoms with Crippen molar-refractivity contribution in [2.24, 2.45) is 0 Å². The lowest BCUT2D eigenvalue weighted by Gasteiger charge is -2.35. The van der Waals surface area contributed by atoms with Gasteiger partial charge in [0.1, 0.15) is 0 Å². The Bertz CT molecular complexity index is 1620. The van der Waals surface area contributed by atoms with Gasteiger partial charge in [-0.15, -0.1) is 0 Å². The lowest BCUT2D eigenvalue weighted by atomic mass is 9.66. The summed E-state index contributed by atoms with van der Waals surface area (Å²) in [6, 6.07) is 39.2. The molecule has 0 heterocycles. The van der Waals surface area contributed by atoms with E-state index in [1.54, 1.807) is 0 Å². The highest BCUT2D eigenvalue weighted by molar-refractivity contribution is 5.89. The molecular weight excluding hydrogens is 420 g/mol. The van der Waals surface area contributed by atoms with Gasteiger partial charge in [0, 0.05) is 0 Å². The Morgan fingerprint density at radius 1 is 0.571 bits per heavy atom. The van der Waals surface area contributed by atoms with Crippen molar-refractivity contribution in [3.05, 3.63) is 148 Å². The third-order valence-electron chi connectivity index (χ3n) is 8.15. The Hall–Kier alpha value is -3.90. The summed E-state index contributed by atoms with van der Waals surface area (Å²) in [5, 5.41) is 2.60. The predicted octanol–water partition coefficient (Wildman–Crippen LogP) is 8.86. The molecule has 2 aliphatic carbocycles. The molecule has 0 N–H and O–H groups in total. The molecule has 0 amide bonds. The van der Waals surface area contributed by atoms with E-state index in [1.807, 2.05) is 0 Å². The van der Waals surface area contributed by atoms with E-state index in [-0.39, 0.29) is 5.41 Å². The molecule has 5 aromatic carbocycles. The molecule has 0 nitrogen and oxygen atoms in total. The molecule has 5 aromatic rings. The average molecular weight is 449 g/mol. The number of hydrogen-bond donors (Lipinski definition) is 0. The second-order valence-corrected chi connectivity index (χ2v) is 10.3. The number of aryl methyl sites for hydroxylation is 2. The maximum absolute atomic E-state index is 2.50. The molecule has 0 aromatic heterocycles. The van der Waals surface area contributed by atoms with Crippen LogP contribution in [0.25, 0.3) is 28.0 Å². The highest BCUT2D eigenvalue weighted by atomic mass is 14.5. The van der Waals surface area contributed by atoms with Gasteiger partial charge in [0.2, 0.25) is 0 Å². The molecule has 0 fully saturated rings. The van der Waals surface area contributed by atoms with Crippen LogP contribution in [-0.4, -0.2) is 0 Å². The van der Waals surface area contributed by atoms with Crippen LogP contribution in [0.4, 0.5) is 0 Å². The maximum atomic E-state index is 2.50. The van der Waals surface area contributed by atoms with E-state index >= 15 is 0 Å². The van der Waals surface area contributed by atoms with Gasteiger partial charge >= 0.3 is 0 Å². The molecule has 0 radical (unpaired) electrons. The molecule has 0 bridgehead atoms. The van der Waals surface area contributed by atoms with Gasteiger partial charge in [0.15, 0.2) is 0 Å². The highest BCUT2D eigenvalue weighted by Gasteiger charge is 2.46. The van der Waals surface area contributed by atoms with E-state index in [0.717, 1.165) is 12.8 Å². The first-order valence-corrected chi connectivity index (χ1v) is 12.7. The van der Waals surface area contributed by atoms with Gasteiger partial charge in [-0.05, 0) is 88.0 Å². The summed E-state index contributed by atoms with van der Waals surface area (Å²) in [6.07, 6.45) is 4.62. The van der Waals surface area contributed by atoms with Crippen molar-refractivity contribution in [1.29, 1.82) is 0 Å². The third-order valence-corrected chi connectivity index (χ3v) is 8.15. The highest BCUT2D eigenvalue weighted by Crippen LogP contribution is 2.56. The molecule has 0 atom stereocenters. The van der Waals surface area contributed by atoms with E-state index in [2.05, 4.69) is 123 Å². The van der Waals surface area contributed by atoms with E-state index in [0.29, 0.717) is 0 Å². The Labute approximate surface area is 207 Å². The number of fused-ring (bicyclic) bond motifs is 5. The summed E-state index contributed by atoms with van der Waals surface area (Å²) in [7, 11) is 0. The van der Waals surface area contributed by atoms with E-state index in [4.69, 9.17) is 0 Å². The lowest BCUT2D eigenvalue weighted by molar-refractivity contribution is 0.765. The standard InChI is InChI=1S/C35H28/c1-23-11-13-27-21-29(17-15-25(27)19-23)35(30-18-16-26-20-24(2)12-14-28(26)22-30)33-9-5-3-7-31(33)32-8-4-6-10-34(32)35/h3-11,13,15-22H,12,14H2,1-2H3. The van der Waals surface area contributed by atoms with Crippen LogP contribution >= 0.6 is 0 Å². The van der Waals surface area contributed by atoms with Crippen molar-refractivity contribution in [2.45, 2.75) is 32.1 Å². The zero-order valence-electron chi connectivity index (χ0n) is 20.3. The maximum Gasteiger partial charge on any atom is 0.0713 e. The van der Waals surface area contributed by atoms with Crippen molar-refractivity contribution in [3.8, 4) is 11.1 Å². The average Bonchev–Trinajstić information content (AvgIpc) is 3.19. The van der Waals surface area contributed by atoms with Gasteiger partial charge in [0.05, 0.1) is 5.41 Å². The monoisotopic (exact) mass is 448 g/mol. The van der Waals surface area contributed by atoms with Crippen molar-refractivity contribution >= 4 is 16.8 Å². The number of hydrogen-bond acceptors (Lipinski definition) is 0.